The molecule has 2 fully saturated rings. The number of methoxy groups -OCH3 is 1. The lowest BCUT2D eigenvalue weighted by Crippen LogP contribution is -2.56. The Balaban J connectivity index is 1.29. The van der Waals surface area contributed by atoms with Crippen LogP contribution in [0, 0.1) is 0 Å². The molecule has 2 N–H and O–H groups in total. The SMILES string of the molecule is COc1ccc(/C=C2/OC3(COC(=O)N3)N(CCCNc3ccnc4cc(Cl)ccc34)C2=O)cc1. The maximum Gasteiger partial charge on any atom is 0.412 e. The lowest BCUT2D eigenvalue weighted by atomic mass is 10.2. The zero-order valence-corrected chi connectivity index (χ0v) is 19.7. The number of nitrogens with zero attached hydrogens (tertiary/aromatic N) is 2. The number of fused-ring (bicyclic) bond motifs is 1. The summed E-state index contributed by atoms with van der Waals surface area (Å²) < 4.78 is 16.2. The fraction of sp³-hybridized carbons (Fsp3) is 0.240. The number of pyridine rings is 1. The molecule has 0 aliphatic carbocycles. The fourth-order valence-electron chi connectivity index (χ4n) is 4.13. The molecule has 1 aromatic heterocycles. The van der Waals surface area contributed by atoms with E-state index >= 15 is 0 Å². The number of nitrogens with one attached hydrogen (secondary N) is 2. The summed E-state index contributed by atoms with van der Waals surface area (Å²) in [6, 6.07) is 14.7. The third kappa shape index (κ3) is 4.54. The third-order valence-corrected chi connectivity index (χ3v) is 6.09. The largest absolute Gasteiger partial charge is 0.497 e. The van der Waals surface area contributed by atoms with Gasteiger partial charge in [0.2, 0.25) is 0 Å². The summed E-state index contributed by atoms with van der Waals surface area (Å²) in [7, 11) is 1.59. The smallest absolute Gasteiger partial charge is 0.412 e. The van der Waals surface area contributed by atoms with Crippen molar-refractivity contribution >= 4 is 46.3 Å². The highest BCUT2D eigenvalue weighted by atomic mass is 35.5. The standard InChI is InChI=1S/C25H23ClN4O5/c1-33-18-6-3-16(4-7-18)13-22-23(31)30(25(35-22)15-34-24(32)29-25)12-2-10-27-20-9-11-28-21-14-17(26)5-8-19(20)21/h3-9,11,13-14H,2,10,12,15H2,1H3,(H,27,28)(H,29,32)/b22-13+. The molecule has 2 aromatic carbocycles. The van der Waals surface area contributed by atoms with Crippen molar-refractivity contribution in [1.82, 2.24) is 15.2 Å². The summed E-state index contributed by atoms with van der Waals surface area (Å²) in [5.41, 5.74) is 2.48. The van der Waals surface area contributed by atoms with Crippen molar-refractivity contribution in [1.29, 1.82) is 0 Å². The quantitative estimate of drug-likeness (QED) is 0.378. The highest BCUT2D eigenvalue weighted by molar-refractivity contribution is 6.31. The maximum absolute atomic E-state index is 13.2. The van der Waals surface area contributed by atoms with E-state index in [-0.39, 0.29) is 18.3 Å². The molecule has 1 unspecified atom stereocenters. The summed E-state index contributed by atoms with van der Waals surface area (Å²) in [6.45, 7) is 0.818. The summed E-state index contributed by atoms with van der Waals surface area (Å²) in [5.74, 6) is -0.841. The second-order valence-corrected chi connectivity index (χ2v) is 8.56. The Morgan fingerprint density at radius 1 is 1.23 bits per heavy atom. The van der Waals surface area contributed by atoms with Crippen LogP contribution in [-0.2, 0) is 14.3 Å². The van der Waals surface area contributed by atoms with Gasteiger partial charge in [0.05, 0.1) is 12.6 Å². The van der Waals surface area contributed by atoms with Gasteiger partial charge < -0.3 is 19.5 Å². The Morgan fingerprint density at radius 2 is 2.06 bits per heavy atom. The van der Waals surface area contributed by atoms with Crippen LogP contribution in [0.4, 0.5) is 10.5 Å². The van der Waals surface area contributed by atoms with Crippen molar-refractivity contribution in [3.05, 3.63) is 71.1 Å². The number of amides is 2. The summed E-state index contributed by atoms with van der Waals surface area (Å²) in [6.07, 6.45) is 3.32. The molecule has 180 valence electrons. The van der Waals surface area contributed by atoms with Crippen LogP contribution in [0.5, 0.6) is 5.75 Å². The van der Waals surface area contributed by atoms with Crippen molar-refractivity contribution in [3.63, 3.8) is 0 Å². The summed E-state index contributed by atoms with van der Waals surface area (Å²) >= 11 is 6.07. The number of rotatable bonds is 7. The van der Waals surface area contributed by atoms with Crippen LogP contribution in [0.15, 0.2) is 60.5 Å². The monoisotopic (exact) mass is 494 g/mol. The van der Waals surface area contributed by atoms with Gasteiger partial charge in [-0.25, -0.2) is 4.79 Å². The van der Waals surface area contributed by atoms with Crippen LogP contribution >= 0.6 is 11.6 Å². The number of hydrogen-bond acceptors (Lipinski definition) is 7. The first kappa shape index (κ1) is 22.8. The van der Waals surface area contributed by atoms with Crippen LogP contribution < -0.4 is 15.4 Å². The summed E-state index contributed by atoms with van der Waals surface area (Å²) in [4.78, 5) is 30.9. The van der Waals surface area contributed by atoms with E-state index in [0.29, 0.717) is 30.3 Å². The Bertz CT molecular complexity index is 1310. The Kier molecular flexibility index (Phi) is 6.08. The van der Waals surface area contributed by atoms with Gasteiger partial charge in [0.25, 0.3) is 5.91 Å². The molecule has 35 heavy (non-hydrogen) atoms. The molecule has 0 radical (unpaired) electrons. The number of ether oxygens (including phenoxy) is 3. The minimum Gasteiger partial charge on any atom is -0.497 e. The maximum atomic E-state index is 13.2. The molecule has 2 aliphatic rings. The average molecular weight is 495 g/mol. The zero-order valence-electron chi connectivity index (χ0n) is 18.9. The van der Waals surface area contributed by atoms with Gasteiger partial charge in [-0.05, 0) is 54.5 Å². The molecule has 2 aliphatic heterocycles. The summed E-state index contributed by atoms with van der Waals surface area (Å²) in [5, 5.41) is 7.62. The number of hydrogen-bond donors (Lipinski definition) is 2. The molecule has 0 saturated carbocycles. The lowest BCUT2D eigenvalue weighted by Gasteiger charge is -2.29. The molecule has 1 spiro atoms. The number of halogens is 1. The lowest BCUT2D eigenvalue weighted by molar-refractivity contribution is -0.135. The Labute approximate surface area is 206 Å². The molecule has 10 heteroatoms. The molecule has 2 amide bonds. The van der Waals surface area contributed by atoms with E-state index in [4.69, 9.17) is 25.8 Å². The van der Waals surface area contributed by atoms with E-state index in [0.717, 1.165) is 22.2 Å². The first-order valence-corrected chi connectivity index (χ1v) is 11.4. The van der Waals surface area contributed by atoms with E-state index in [1.165, 1.54) is 4.90 Å². The molecule has 5 rings (SSSR count). The third-order valence-electron chi connectivity index (χ3n) is 5.86. The van der Waals surface area contributed by atoms with Crippen LogP contribution in [0.25, 0.3) is 17.0 Å². The van der Waals surface area contributed by atoms with Crippen molar-refractivity contribution in [2.45, 2.75) is 12.3 Å². The van der Waals surface area contributed by atoms with Gasteiger partial charge in [0.15, 0.2) is 12.4 Å². The highest BCUT2D eigenvalue weighted by Gasteiger charge is 2.56. The number of alkyl carbamates (subject to hydrolysis) is 1. The number of cyclic esters (lactones) is 1. The van der Waals surface area contributed by atoms with Crippen LogP contribution in [0.1, 0.15) is 12.0 Å². The average Bonchev–Trinajstić information content (AvgIpc) is 3.35. The van der Waals surface area contributed by atoms with E-state index in [9.17, 15) is 9.59 Å². The Morgan fingerprint density at radius 3 is 2.80 bits per heavy atom. The van der Waals surface area contributed by atoms with Crippen LogP contribution in [0.3, 0.4) is 0 Å². The Hall–Kier alpha value is -3.98. The molecule has 1 atom stereocenters. The molecular formula is C25H23ClN4O5. The normalized spacial score (nSPS) is 20.3. The van der Waals surface area contributed by atoms with Crippen molar-refractivity contribution in [2.75, 3.05) is 32.1 Å². The molecule has 9 nitrogen and oxygen atoms in total. The molecule has 2 saturated heterocycles. The van der Waals surface area contributed by atoms with Gasteiger partial charge in [0, 0.05) is 35.4 Å². The first-order chi connectivity index (χ1) is 17.0. The minimum absolute atomic E-state index is 0.0965. The van der Waals surface area contributed by atoms with Gasteiger partial charge in [-0.15, -0.1) is 0 Å². The number of carbonyl (C=O) groups is 2. The molecule has 3 heterocycles. The zero-order chi connectivity index (χ0) is 24.4. The number of carbonyl (C=O) groups excluding carboxylic acids is 2. The number of anilines is 1. The van der Waals surface area contributed by atoms with Gasteiger partial charge >= 0.3 is 11.9 Å². The van der Waals surface area contributed by atoms with Crippen LogP contribution in [0.2, 0.25) is 5.02 Å². The number of aromatic nitrogens is 1. The van der Waals surface area contributed by atoms with Gasteiger partial charge in [-0.3, -0.25) is 20.0 Å². The van der Waals surface area contributed by atoms with E-state index in [1.54, 1.807) is 31.5 Å². The molecule has 3 aromatic rings. The van der Waals surface area contributed by atoms with E-state index in [1.807, 2.05) is 36.4 Å². The van der Waals surface area contributed by atoms with E-state index in [2.05, 4.69) is 15.6 Å². The van der Waals surface area contributed by atoms with Crippen molar-refractivity contribution in [3.8, 4) is 5.75 Å². The topological polar surface area (TPSA) is 102 Å². The first-order valence-electron chi connectivity index (χ1n) is 11.1. The van der Waals surface area contributed by atoms with E-state index < -0.39 is 11.9 Å². The minimum atomic E-state index is -1.35. The van der Waals surface area contributed by atoms with Crippen molar-refractivity contribution < 1.29 is 23.8 Å². The van der Waals surface area contributed by atoms with Crippen molar-refractivity contribution in [2.24, 2.45) is 0 Å². The second kappa shape index (κ2) is 9.34. The number of benzene rings is 2. The fourth-order valence-corrected chi connectivity index (χ4v) is 4.30. The molecule has 0 bridgehead atoms. The highest BCUT2D eigenvalue weighted by Crippen LogP contribution is 2.33. The second-order valence-electron chi connectivity index (χ2n) is 8.13. The molecular weight excluding hydrogens is 472 g/mol. The van der Waals surface area contributed by atoms with Gasteiger partial charge in [-0.2, -0.15) is 0 Å². The predicted octanol–water partition coefficient (Wildman–Crippen LogP) is 3.99. The van der Waals surface area contributed by atoms with Gasteiger partial charge in [-0.1, -0.05) is 23.7 Å². The predicted molar refractivity (Wildman–Crippen MR) is 131 cm³/mol. The van der Waals surface area contributed by atoms with Crippen LogP contribution in [-0.4, -0.2) is 54.5 Å². The van der Waals surface area contributed by atoms with Gasteiger partial charge in [0.1, 0.15) is 5.75 Å².